The smallest absolute Gasteiger partial charge is 0.200 e. The van der Waals surface area contributed by atoms with Gasteiger partial charge in [-0.25, -0.2) is 8.78 Å². The van der Waals surface area contributed by atoms with Crippen molar-refractivity contribution in [3.63, 3.8) is 0 Å². The number of fused-ring (bicyclic) bond motifs is 1. The molecule has 1 heterocycles. The van der Waals surface area contributed by atoms with E-state index in [1.165, 1.54) is 24.3 Å². The molecule has 3 N–H and O–H groups in total. The Bertz CT molecular complexity index is 1150. The molecule has 0 fully saturated rings. The van der Waals surface area contributed by atoms with Crippen LogP contribution in [0.25, 0.3) is 0 Å². The average molecular weight is 392 g/mol. The third-order valence-corrected chi connectivity index (χ3v) is 4.39. The molecule has 0 saturated heterocycles. The van der Waals surface area contributed by atoms with E-state index in [0.29, 0.717) is 17.4 Å². The van der Waals surface area contributed by atoms with Crippen LogP contribution in [0.3, 0.4) is 0 Å². The van der Waals surface area contributed by atoms with Crippen molar-refractivity contribution in [2.45, 2.75) is 0 Å². The van der Waals surface area contributed by atoms with Crippen molar-refractivity contribution in [3.05, 3.63) is 101 Å². The predicted molar refractivity (Wildman–Crippen MR) is 104 cm³/mol. The number of allylic oxidation sites excluding steroid dienone is 1. The van der Waals surface area contributed by atoms with Gasteiger partial charge in [0.1, 0.15) is 28.8 Å². The largest absolute Gasteiger partial charge is 0.508 e. The van der Waals surface area contributed by atoms with E-state index in [4.69, 9.17) is 0 Å². The number of rotatable bonds is 4. The highest BCUT2D eigenvalue weighted by atomic mass is 19.1. The SMILES string of the molecule is O=C(C(C(=O)c1cc(F)cc(F)c1)=C1Nc2ccc(O)cc2N1)c1ccccc1. The second-order valence-electron chi connectivity index (χ2n) is 6.41. The summed E-state index contributed by atoms with van der Waals surface area (Å²) in [4.78, 5) is 26.3. The number of Topliss-reactive ketones (excluding diaryl/α,β-unsaturated/α-hetero) is 2. The highest BCUT2D eigenvalue weighted by Crippen LogP contribution is 2.35. The van der Waals surface area contributed by atoms with Gasteiger partial charge in [0.2, 0.25) is 11.6 Å². The first-order chi connectivity index (χ1) is 13.9. The normalized spacial score (nSPS) is 13.9. The van der Waals surface area contributed by atoms with Gasteiger partial charge in [0.25, 0.3) is 0 Å². The number of benzene rings is 3. The topological polar surface area (TPSA) is 78.4 Å². The fourth-order valence-electron chi connectivity index (χ4n) is 3.06. The van der Waals surface area contributed by atoms with Crippen molar-refractivity contribution in [1.82, 2.24) is 0 Å². The van der Waals surface area contributed by atoms with Crippen LogP contribution in [-0.4, -0.2) is 16.7 Å². The Morgan fingerprint density at radius 2 is 1.34 bits per heavy atom. The quantitative estimate of drug-likeness (QED) is 0.201. The molecule has 0 aromatic heterocycles. The van der Waals surface area contributed by atoms with Gasteiger partial charge in [0.05, 0.1) is 11.4 Å². The number of anilines is 2. The van der Waals surface area contributed by atoms with Gasteiger partial charge in [-0.3, -0.25) is 9.59 Å². The Morgan fingerprint density at radius 1 is 0.724 bits per heavy atom. The van der Waals surface area contributed by atoms with Crippen LogP contribution in [-0.2, 0) is 0 Å². The van der Waals surface area contributed by atoms with Gasteiger partial charge in [-0.15, -0.1) is 0 Å². The van der Waals surface area contributed by atoms with Gasteiger partial charge in [-0.1, -0.05) is 30.3 Å². The zero-order valence-corrected chi connectivity index (χ0v) is 14.9. The summed E-state index contributed by atoms with van der Waals surface area (Å²) in [6, 6.07) is 14.9. The summed E-state index contributed by atoms with van der Waals surface area (Å²) in [7, 11) is 0. The van der Waals surface area contributed by atoms with E-state index in [2.05, 4.69) is 10.6 Å². The van der Waals surface area contributed by atoms with Gasteiger partial charge < -0.3 is 15.7 Å². The maximum absolute atomic E-state index is 13.7. The molecule has 29 heavy (non-hydrogen) atoms. The molecule has 144 valence electrons. The molecule has 0 saturated carbocycles. The van der Waals surface area contributed by atoms with Gasteiger partial charge in [0.15, 0.2) is 0 Å². The lowest BCUT2D eigenvalue weighted by atomic mass is 9.95. The average Bonchev–Trinajstić information content (AvgIpc) is 3.10. The molecule has 0 spiro atoms. The van der Waals surface area contributed by atoms with E-state index in [0.717, 1.165) is 12.1 Å². The number of ketones is 2. The lowest BCUT2D eigenvalue weighted by Gasteiger charge is -2.11. The summed E-state index contributed by atoms with van der Waals surface area (Å²) in [5.41, 5.74) is 0.627. The third-order valence-electron chi connectivity index (χ3n) is 4.39. The van der Waals surface area contributed by atoms with Crippen LogP contribution in [0.5, 0.6) is 5.75 Å². The van der Waals surface area contributed by atoms with Gasteiger partial charge in [-0.05, 0) is 24.3 Å². The van der Waals surface area contributed by atoms with Gasteiger partial charge in [0, 0.05) is 23.3 Å². The molecule has 3 aromatic carbocycles. The zero-order chi connectivity index (χ0) is 20.5. The first-order valence-electron chi connectivity index (χ1n) is 8.64. The number of nitrogens with one attached hydrogen (secondary N) is 2. The highest BCUT2D eigenvalue weighted by molar-refractivity contribution is 6.32. The molecule has 5 nitrogen and oxygen atoms in total. The number of hydrogen-bond donors (Lipinski definition) is 3. The minimum atomic E-state index is -0.926. The van der Waals surface area contributed by atoms with Crippen LogP contribution in [0.2, 0.25) is 0 Å². The Kier molecular flexibility index (Phi) is 4.56. The van der Waals surface area contributed by atoms with E-state index in [-0.39, 0.29) is 28.3 Å². The summed E-state index contributed by atoms with van der Waals surface area (Å²) in [6.07, 6.45) is 0. The Labute approximate surface area is 164 Å². The molecule has 1 aliphatic heterocycles. The number of halogens is 2. The molecule has 0 radical (unpaired) electrons. The minimum absolute atomic E-state index is 0.00577. The highest BCUT2D eigenvalue weighted by Gasteiger charge is 2.29. The molecule has 3 aromatic rings. The van der Waals surface area contributed by atoms with Crippen molar-refractivity contribution in [2.75, 3.05) is 10.6 Å². The first kappa shape index (κ1) is 18.4. The van der Waals surface area contributed by atoms with E-state index < -0.39 is 23.2 Å². The fourth-order valence-corrected chi connectivity index (χ4v) is 3.06. The molecular weight excluding hydrogens is 378 g/mol. The number of phenolic OH excluding ortho intramolecular Hbond substituents is 1. The number of aromatic hydroxyl groups is 1. The number of carbonyl (C=O) groups excluding carboxylic acids is 2. The molecule has 0 amide bonds. The molecular formula is C22H14F2N2O3. The van der Waals surface area contributed by atoms with Crippen LogP contribution in [0.1, 0.15) is 20.7 Å². The van der Waals surface area contributed by atoms with Crippen molar-refractivity contribution in [3.8, 4) is 5.75 Å². The molecule has 1 aliphatic rings. The van der Waals surface area contributed by atoms with Crippen molar-refractivity contribution < 1.29 is 23.5 Å². The van der Waals surface area contributed by atoms with Crippen molar-refractivity contribution in [1.29, 1.82) is 0 Å². The maximum atomic E-state index is 13.7. The van der Waals surface area contributed by atoms with E-state index >= 15 is 0 Å². The molecule has 0 aliphatic carbocycles. The van der Waals surface area contributed by atoms with Crippen LogP contribution < -0.4 is 10.6 Å². The third kappa shape index (κ3) is 3.58. The maximum Gasteiger partial charge on any atom is 0.200 e. The van der Waals surface area contributed by atoms with E-state index in [1.807, 2.05) is 0 Å². The second-order valence-corrected chi connectivity index (χ2v) is 6.41. The van der Waals surface area contributed by atoms with Crippen LogP contribution in [0.4, 0.5) is 20.2 Å². The van der Waals surface area contributed by atoms with Crippen molar-refractivity contribution in [2.24, 2.45) is 0 Å². The predicted octanol–water partition coefficient (Wildman–Crippen LogP) is 4.49. The Morgan fingerprint density at radius 3 is 2.03 bits per heavy atom. The van der Waals surface area contributed by atoms with E-state index in [9.17, 15) is 23.5 Å². The molecule has 0 unspecified atom stereocenters. The summed E-state index contributed by atoms with van der Waals surface area (Å²) in [6.45, 7) is 0. The number of phenols is 1. The monoisotopic (exact) mass is 392 g/mol. The fraction of sp³-hybridized carbons (Fsp3) is 0. The molecule has 7 heteroatoms. The molecule has 4 rings (SSSR count). The summed E-state index contributed by atoms with van der Waals surface area (Å²) in [5, 5.41) is 15.5. The van der Waals surface area contributed by atoms with Crippen molar-refractivity contribution >= 4 is 22.9 Å². The van der Waals surface area contributed by atoms with Gasteiger partial charge >= 0.3 is 0 Å². The molecule has 0 atom stereocenters. The Balaban J connectivity index is 1.84. The second kappa shape index (κ2) is 7.20. The first-order valence-corrected chi connectivity index (χ1v) is 8.64. The minimum Gasteiger partial charge on any atom is -0.508 e. The zero-order valence-electron chi connectivity index (χ0n) is 14.9. The summed E-state index contributed by atoms with van der Waals surface area (Å²) >= 11 is 0. The van der Waals surface area contributed by atoms with Crippen LogP contribution in [0.15, 0.2) is 78.1 Å². The van der Waals surface area contributed by atoms with E-state index in [1.54, 1.807) is 24.3 Å². The lowest BCUT2D eigenvalue weighted by molar-refractivity contribution is 0.0960. The Hall–Kier alpha value is -4.00. The number of carbonyl (C=O) groups is 2. The van der Waals surface area contributed by atoms with Crippen LogP contribution in [0, 0.1) is 11.6 Å². The molecule has 0 bridgehead atoms. The number of hydrogen-bond acceptors (Lipinski definition) is 5. The standard InChI is InChI=1S/C22H14F2N2O3/c23-14-8-13(9-15(24)10-14)21(29)19(20(28)12-4-2-1-3-5-12)22-25-17-7-6-16(27)11-18(17)26-22/h1-11,25-27H. The summed E-state index contributed by atoms with van der Waals surface area (Å²) in [5.74, 6) is -3.25. The van der Waals surface area contributed by atoms with Gasteiger partial charge in [-0.2, -0.15) is 0 Å². The summed E-state index contributed by atoms with van der Waals surface area (Å²) < 4.78 is 27.3. The van der Waals surface area contributed by atoms with Crippen LogP contribution >= 0.6 is 0 Å². The lowest BCUT2D eigenvalue weighted by Crippen LogP contribution is -2.21.